The molecule has 5 heteroatoms. The summed E-state index contributed by atoms with van der Waals surface area (Å²) in [5.41, 5.74) is 2.78. The zero-order chi connectivity index (χ0) is 18.1. The lowest BCUT2D eigenvalue weighted by Gasteiger charge is -2.22. The molecule has 5 nitrogen and oxygen atoms in total. The highest BCUT2D eigenvalue weighted by molar-refractivity contribution is 5.92. The van der Waals surface area contributed by atoms with Gasteiger partial charge in [-0.25, -0.2) is 9.97 Å². The molecule has 0 fully saturated rings. The van der Waals surface area contributed by atoms with E-state index in [-0.39, 0.29) is 5.91 Å². The zero-order valence-corrected chi connectivity index (χ0v) is 16.0. The number of nitrogens with zero attached hydrogens (tertiary/aromatic N) is 3. The van der Waals surface area contributed by atoms with E-state index >= 15 is 0 Å². The third kappa shape index (κ3) is 6.15. The molecule has 0 aliphatic heterocycles. The Balaban J connectivity index is 1.99. The Hall–Kier alpha value is -1.91. The number of aryl methyl sites for hydroxylation is 1. The van der Waals surface area contributed by atoms with Crippen LogP contribution in [0.3, 0.4) is 0 Å². The molecular formula is C20H32N4O. The first kappa shape index (κ1) is 19.4. The Morgan fingerprint density at radius 3 is 2.60 bits per heavy atom. The number of allylic oxidation sites excluding steroid dienone is 1. The third-order valence-corrected chi connectivity index (χ3v) is 4.46. The Kier molecular flexibility index (Phi) is 7.89. The van der Waals surface area contributed by atoms with E-state index in [0.717, 1.165) is 38.0 Å². The van der Waals surface area contributed by atoms with Gasteiger partial charge in [-0.05, 0) is 57.9 Å². The van der Waals surface area contributed by atoms with Gasteiger partial charge in [0.2, 0.25) is 5.95 Å². The molecule has 1 aromatic heterocycles. The SMILES string of the molecule is CCCN(CCC)c1nc(C)cc(C(=O)NCCC2=CCCCC2)n1. The standard InChI is InChI=1S/C20H32N4O/c1-4-13-24(14-5-2)20-22-16(3)15-18(23-20)19(25)21-12-11-17-9-7-6-8-10-17/h9,15H,4-8,10-14H2,1-3H3,(H,21,25). The molecule has 0 atom stereocenters. The number of nitrogens with one attached hydrogen (secondary N) is 1. The van der Waals surface area contributed by atoms with E-state index in [1.807, 2.05) is 6.92 Å². The number of hydrogen-bond donors (Lipinski definition) is 1. The number of amides is 1. The van der Waals surface area contributed by atoms with Crippen LogP contribution < -0.4 is 10.2 Å². The fourth-order valence-corrected chi connectivity index (χ4v) is 3.22. The van der Waals surface area contributed by atoms with Crippen LogP contribution in [0.1, 0.15) is 75.0 Å². The summed E-state index contributed by atoms with van der Waals surface area (Å²) >= 11 is 0. The average molecular weight is 345 g/mol. The predicted octanol–water partition coefficient (Wildman–Crippen LogP) is 4.03. The summed E-state index contributed by atoms with van der Waals surface area (Å²) in [6.45, 7) is 8.71. The van der Waals surface area contributed by atoms with Gasteiger partial charge in [0.1, 0.15) is 5.69 Å². The minimum absolute atomic E-state index is 0.101. The molecule has 0 saturated carbocycles. The molecule has 0 saturated heterocycles. The first-order valence-corrected chi connectivity index (χ1v) is 9.70. The maximum atomic E-state index is 12.5. The summed E-state index contributed by atoms with van der Waals surface area (Å²) in [4.78, 5) is 23.7. The molecule has 0 unspecified atom stereocenters. The topological polar surface area (TPSA) is 58.1 Å². The number of anilines is 1. The fourth-order valence-electron chi connectivity index (χ4n) is 3.22. The van der Waals surface area contributed by atoms with Crippen LogP contribution in [0, 0.1) is 6.92 Å². The van der Waals surface area contributed by atoms with Gasteiger partial charge in [-0.3, -0.25) is 4.79 Å². The van der Waals surface area contributed by atoms with Crippen molar-refractivity contribution in [3.63, 3.8) is 0 Å². The van der Waals surface area contributed by atoms with Crippen LogP contribution in [-0.2, 0) is 0 Å². The molecule has 1 aliphatic rings. The second kappa shape index (κ2) is 10.2. The van der Waals surface area contributed by atoms with Crippen molar-refractivity contribution in [2.75, 3.05) is 24.5 Å². The van der Waals surface area contributed by atoms with Crippen LogP contribution in [0.5, 0.6) is 0 Å². The van der Waals surface area contributed by atoms with Crippen molar-refractivity contribution < 1.29 is 4.79 Å². The summed E-state index contributed by atoms with van der Waals surface area (Å²) in [5.74, 6) is 0.569. The summed E-state index contributed by atoms with van der Waals surface area (Å²) in [5, 5.41) is 3.02. The lowest BCUT2D eigenvalue weighted by molar-refractivity contribution is 0.0949. The fraction of sp³-hybridized carbons (Fsp3) is 0.650. The molecule has 1 aromatic rings. The minimum atomic E-state index is -0.101. The lowest BCUT2D eigenvalue weighted by Crippen LogP contribution is -2.30. The van der Waals surface area contributed by atoms with Gasteiger partial charge < -0.3 is 10.2 Å². The Morgan fingerprint density at radius 2 is 1.96 bits per heavy atom. The smallest absolute Gasteiger partial charge is 0.270 e. The number of hydrogen-bond acceptors (Lipinski definition) is 4. The van der Waals surface area contributed by atoms with Crippen LogP contribution in [0.4, 0.5) is 5.95 Å². The van der Waals surface area contributed by atoms with Gasteiger partial charge in [0, 0.05) is 25.3 Å². The van der Waals surface area contributed by atoms with Gasteiger partial charge in [0.15, 0.2) is 0 Å². The lowest BCUT2D eigenvalue weighted by atomic mass is 9.97. The van der Waals surface area contributed by atoms with Crippen LogP contribution in [0.2, 0.25) is 0 Å². The molecule has 1 heterocycles. The van der Waals surface area contributed by atoms with E-state index in [2.05, 4.69) is 40.1 Å². The first-order chi connectivity index (χ1) is 12.1. The van der Waals surface area contributed by atoms with E-state index in [4.69, 9.17) is 0 Å². The highest BCUT2D eigenvalue weighted by Gasteiger charge is 2.14. The molecule has 0 radical (unpaired) electrons. The quantitative estimate of drug-likeness (QED) is 0.687. The Labute approximate surface area is 151 Å². The number of rotatable bonds is 9. The van der Waals surface area contributed by atoms with Crippen molar-refractivity contribution in [3.8, 4) is 0 Å². The van der Waals surface area contributed by atoms with Crippen LogP contribution in [-0.4, -0.2) is 35.5 Å². The van der Waals surface area contributed by atoms with E-state index in [0.29, 0.717) is 18.2 Å². The third-order valence-electron chi connectivity index (χ3n) is 4.46. The minimum Gasteiger partial charge on any atom is -0.350 e. The molecule has 2 rings (SSSR count). The average Bonchev–Trinajstić information content (AvgIpc) is 2.62. The molecule has 1 N–H and O–H groups in total. The second-order valence-electron chi connectivity index (χ2n) is 6.80. The molecule has 138 valence electrons. The van der Waals surface area contributed by atoms with E-state index < -0.39 is 0 Å². The van der Waals surface area contributed by atoms with Gasteiger partial charge in [0.05, 0.1) is 0 Å². The van der Waals surface area contributed by atoms with Crippen LogP contribution in [0.15, 0.2) is 17.7 Å². The van der Waals surface area contributed by atoms with Crippen molar-refractivity contribution >= 4 is 11.9 Å². The monoisotopic (exact) mass is 344 g/mol. The maximum Gasteiger partial charge on any atom is 0.270 e. The van der Waals surface area contributed by atoms with Crippen LogP contribution in [0.25, 0.3) is 0 Å². The summed E-state index contributed by atoms with van der Waals surface area (Å²) in [6, 6.07) is 1.77. The van der Waals surface area contributed by atoms with Crippen molar-refractivity contribution in [2.45, 2.75) is 65.7 Å². The maximum absolute atomic E-state index is 12.5. The van der Waals surface area contributed by atoms with Gasteiger partial charge in [0.25, 0.3) is 5.91 Å². The molecule has 25 heavy (non-hydrogen) atoms. The highest BCUT2D eigenvalue weighted by atomic mass is 16.1. The van der Waals surface area contributed by atoms with Crippen LogP contribution >= 0.6 is 0 Å². The zero-order valence-electron chi connectivity index (χ0n) is 16.0. The van der Waals surface area contributed by atoms with Crippen molar-refractivity contribution in [2.24, 2.45) is 0 Å². The summed E-state index contributed by atoms with van der Waals surface area (Å²) in [6.07, 6.45) is 10.3. The summed E-state index contributed by atoms with van der Waals surface area (Å²) in [7, 11) is 0. The second-order valence-corrected chi connectivity index (χ2v) is 6.80. The molecular weight excluding hydrogens is 312 g/mol. The van der Waals surface area contributed by atoms with Crippen molar-refractivity contribution in [1.29, 1.82) is 0 Å². The van der Waals surface area contributed by atoms with E-state index in [1.54, 1.807) is 6.07 Å². The molecule has 0 spiro atoms. The van der Waals surface area contributed by atoms with E-state index in [9.17, 15) is 4.79 Å². The largest absolute Gasteiger partial charge is 0.350 e. The highest BCUT2D eigenvalue weighted by Crippen LogP contribution is 2.19. The molecule has 1 aliphatic carbocycles. The Bertz CT molecular complexity index is 591. The van der Waals surface area contributed by atoms with Gasteiger partial charge in [-0.15, -0.1) is 0 Å². The van der Waals surface area contributed by atoms with Gasteiger partial charge in [-0.2, -0.15) is 0 Å². The first-order valence-electron chi connectivity index (χ1n) is 9.70. The van der Waals surface area contributed by atoms with Gasteiger partial charge >= 0.3 is 0 Å². The van der Waals surface area contributed by atoms with Crippen molar-refractivity contribution in [1.82, 2.24) is 15.3 Å². The number of aromatic nitrogens is 2. The molecule has 0 bridgehead atoms. The number of carbonyl (C=O) groups excluding carboxylic acids is 1. The normalized spacial score (nSPS) is 14.1. The number of carbonyl (C=O) groups is 1. The van der Waals surface area contributed by atoms with Crippen molar-refractivity contribution in [3.05, 3.63) is 29.1 Å². The molecule has 0 aromatic carbocycles. The Morgan fingerprint density at radius 1 is 1.20 bits per heavy atom. The summed E-state index contributed by atoms with van der Waals surface area (Å²) < 4.78 is 0. The molecule has 1 amide bonds. The van der Waals surface area contributed by atoms with Gasteiger partial charge in [-0.1, -0.05) is 25.5 Å². The predicted molar refractivity (Wildman–Crippen MR) is 103 cm³/mol. The van der Waals surface area contributed by atoms with E-state index in [1.165, 1.54) is 31.3 Å².